The highest BCUT2D eigenvalue weighted by atomic mass is 19.1. The zero-order valence-corrected chi connectivity index (χ0v) is 16.0. The number of halogens is 1. The summed E-state index contributed by atoms with van der Waals surface area (Å²) in [6, 6.07) is 0. The molecule has 5 aliphatic rings. The minimum atomic E-state index is -1.33. The van der Waals surface area contributed by atoms with Crippen molar-refractivity contribution in [1.29, 1.82) is 0 Å². The maximum atomic E-state index is 14.4. The average molecular weight is 358 g/mol. The Morgan fingerprint density at radius 2 is 1.96 bits per heavy atom. The third kappa shape index (κ3) is 1.49. The number of rotatable bonds is 0. The molecule has 4 fully saturated rings. The number of hydrogen-bond acceptors (Lipinski definition) is 3. The van der Waals surface area contributed by atoms with E-state index in [-0.39, 0.29) is 40.7 Å². The first kappa shape index (κ1) is 16.9. The smallest absolute Gasteiger partial charge is 0.187 e. The standard InChI is InChI=1S/C22H27FO3/c1-10-8-16(24)19-22(26-19)12(3)11(2)17-13(21(10,22)5)6-7-20(4)14(17)9-15(23)18(20)25/h8,11,13-15,17,19H,3,6-7,9H2,1-2,4-5H3/t11-,13+,14+,15-,17-,19?,20+,21-,22?/m1/s1. The molecule has 0 radical (unpaired) electrons. The molecule has 0 aromatic carbocycles. The molecule has 1 saturated heterocycles. The van der Waals surface area contributed by atoms with Gasteiger partial charge in [-0.3, -0.25) is 9.59 Å². The van der Waals surface area contributed by atoms with E-state index >= 15 is 0 Å². The van der Waals surface area contributed by atoms with Crippen LogP contribution >= 0.6 is 0 Å². The van der Waals surface area contributed by atoms with Gasteiger partial charge in [-0.2, -0.15) is 0 Å². The molecule has 140 valence electrons. The fraction of sp³-hybridized carbons (Fsp3) is 0.727. The third-order valence-corrected chi connectivity index (χ3v) is 9.20. The molecule has 4 heteroatoms. The molecule has 26 heavy (non-hydrogen) atoms. The molecular weight excluding hydrogens is 331 g/mol. The van der Waals surface area contributed by atoms with E-state index in [1.807, 2.05) is 13.8 Å². The number of carbonyl (C=O) groups is 2. The lowest BCUT2D eigenvalue weighted by atomic mass is 9.41. The van der Waals surface area contributed by atoms with E-state index in [0.717, 1.165) is 24.0 Å². The Morgan fingerprint density at radius 3 is 2.65 bits per heavy atom. The molecule has 4 aliphatic carbocycles. The van der Waals surface area contributed by atoms with Crippen LogP contribution in [0.15, 0.2) is 23.8 Å². The van der Waals surface area contributed by atoms with Gasteiger partial charge in [0, 0.05) is 10.8 Å². The molecule has 0 aromatic rings. The Kier molecular flexibility index (Phi) is 2.96. The third-order valence-electron chi connectivity index (χ3n) is 9.20. The summed E-state index contributed by atoms with van der Waals surface area (Å²) in [6.45, 7) is 12.8. The molecule has 0 bridgehead atoms. The van der Waals surface area contributed by atoms with Crippen LogP contribution in [0.3, 0.4) is 0 Å². The fourth-order valence-corrected chi connectivity index (χ4v) is 7.57. The van der Waals surface area contributed by atoms with E-state index in [4.69, 9.17) is 4.74 Å². The summed E-state index contributed by atoms with van der Waals surface area (Å²) >= 11 is 0. The number of ketones is 2. The molecule has 0 N–H and O–H groups in total. The highest BCUT2D eigenvalue weighted by molar-refractivity contribution is 6.00. The highest BCUT2D eigenvalue weighted by Crippen LogP contribution is 2.74. The van der Waals surface area contributed by atoms with Gasteiger partial charge in [-0.05, 0) is 61.5 Å². The maximum Gasteiger partial charge on any atom is 0.187 e. The summed E-state index contributed by atoms with van der Waals surface area (Å²) in [4.78, 5) is 25.0. The number of hydrogen-bond donors (Lipinski definition) is 0. The molecule has 0 aromatic heterocycles. The molecular formula is C22H27FO3. The van der Waals surface area contributed by atoms with Crippen LogP contribution in [0.1, 0.15) is 47.0 Å². The lowest BCUT2D eigenvalue weighted by Gasteiger charge is -2.61. The molecule has 3 saturated carbocycles. The molecule has 0 amide bonds. The van der Waals surface area contributed by atoms with Crippen LogP contribution < -0.4 is 0 Å². The van der Waals surface area contributed by atoms with Crippen molar-refractivity contribution >= 4 is 11.6 Å². The Hall–Kier alpha value is -1.29. The largest absolute Gasteiger partial charge is 0.352 e. The lowest BCUT2D eigenvalue weighted by molar-refractivity contribution is -0.137. The van der Waals surface area contributed by atoms with Gasteiger partial charge in [-0.1, -0.05) is 32.9 Å². The molecule has 1 spiro atoms. The van der Waals surface area contributed by atoms with Crippen LogP contribution in [-0.4, -0.2) is 29.4 Å². The van der Waals surface area contributed by atoms with Gasteiger partial charge < -0.3 is 4.74 Å². The number of carbonyl (C=O) groups excluding carboxylic acids is 2. The van der Waals surface area contributed by atoms with Crippen LogP contribution in [0.25, 0.3) is 0 Å². The van der Waals surface area contributed by atoms with Crippen molar-refractivity contribution < 1.29 is 18.7 Å². The van der Waals surface area contributed by atoms with Crippen molar-refractivity contribution in [3.63, 3.8) is 0 Å². The van der Waals surface area contributed by atoms with Gasteiger partial charge in [0.25, 0.3) is 0 Å². The second-order valence-corrected chi connectivity index (χ2v) is 9.79. The summed E-state index contributed by atoms with van der Waals surface area (Å²) in [5.41, 5.74) is 0.602. The second-order valence-electron chi connectivity index (χ2n) is 9.79. The van der Waals surface area contributed by atoms with E-state index in [2.05, 4.69) is 20.4 Å². The summed E-state index contributed by atoms with van der Waals surface area (Å²) < 4.78 is 20.6. The predicted octanol–water partition coefficient (Wildman–Crippen LogP) is 3.82. The first-order chi connectivity index (χ1) is 12.1. The van der Waals surface area contributed by atoms with Gasteiger partial charge >= 0.3 is 0 Å². The number of fused-ring (bicyclic) bond motifs is 4. The molecule has 3 nitrogen and oxygen atoms in total. The fourth-order valence-electron chi connectivity index (χ4n) is 7.57. The summed E-state index contributed by atoms with van der Waals surface area (Å²) in [5.74, 6) is 0.520. The normalized spacial score (nSPS) is 57.7. The van der Waals surface area contributed by atoms with Crippen LogP contribution in [0.5, 0.6) is 0 Å². The topological polar surface area (TPSA) is 46.7 Å². The SMILES string of the molecule is C=C1[C@@H](C)[C@H]2[C@@H]3C[C@@H](F)C(=O)[C@@]3(C)CC[C@@H]2[C@@]2(C)C(C)=CC(=O)C3OC132. The van der Waals surface area contributed by atoms with Crippen molar-refractivity contribution in [2.45, 2.75) is 64.8 Å². The Labute approximate surface area is 154 Å². The molecule has 5 rings (SSSR count). The number of alkyl halides is 1. The summed E-state index contributed by atoms with van der Waals surface area (Å²) in [6.07, 6.45) is 1.96. The summed E-state index contributed by atoms with van der Waals surface area (Å²) in [7, 11) is 0. The molecule has 1 heterocycles. The van der Waals surface area contributed by atoms with E-state index in [1.54, 1.807) is 6.08 Å². The highest BCUT2D eigenvalue weighted by Gasteiger charge is 2.79. The van der Waals surface area contributed by atoms with Gasteiger partial charge in [0.2, 0.25) is 0 Å². The Morgan fingerprint density at radius 1 is 1.27 bits per heavy atom. The van der Waals surface area contributed by atoms with Crippen LogP contribution in [0.2, 0.25) is 0 Å². The number of epoxide rings is 1. The van der Waals surface area contributed by atoms with Gasteiger partial charge in [-0.15, -0.1) is 0 Å². The minimum absolute atomic E-state index is 0.0484. The van der Waals surface area contributed by atoms with Crippen molar-refractivity contribution in [2.75, 3.05) is 0 Å². The van der Waals surface area contributed by atoms with E-state index in [0.29, 0.717) is 6.42 Å². The Balaban J connectivity index is 1.67. The quantitative estimate of drug-likeness (QED) is 0.488. The van der Waals surface area contributed by atoms with E-state index < -0.39 is 23.3 Å². The van der Waals surface area contributed by atoms with E-state index in [9.17, 15) is 14.0 Å². The zero-order chi connectivity index (χ0) is 18.8. The van der Waals surface area contributed by atoms with Gasteiger partial charge in [0.1, 0.15) is 5.60 Å². The first-order valence-electron chi connectivity index (χ1n) is 9.88. The van der Waals surface area contributed by atoms with Gasteiger partial charge in [0.05, 0.1) is 0 Å². The number of Topliss-reactive ketones (excluding diaryl/α,β-unsaturated/α-hetero) is 1. The van der Waals surface area contributed by atoms with Crippen LogP contribution in [0, 0.1) is 34.5 Å². The predicted molar refractivity (Wildman–Crippen MR) is 95.1 cm³/mol. The Bertz CT molecular complexity index is 799. The van der Waals surface area contributed by atoms with Crippen molar-refractivity contribution in [3.8, 4) is 0 Å². The number of ether oxygens (including phenoxy) is 1. The van der Waals surface area contributed by atoms with Crippen molar-refractivity contribution in [1.82, 2.24) is 0 Å². The maximum absolute atomic E-state index is 14.4. The van der Waals surface area contributed by atoms with Crippen LogP contribution in [0.4, 0.5) is 4.39 Å². The van der Waals surface area contributed by atoms with Crippen LogP contribution in [-0.2, 0) is 14.3 Å². The van der Waals surface area contributed by atoms with Crippen molar-refractivity contribution in [3.05, 3.63) is 23.8 Å². The second kappa shape index (κ2) is 4.57. The minimum Gasteiger partial charge on any atom is -0.352 e. The monoisotopic (exact) mass is 358 g/mol. The van der Waals surface area contributed by atoms with Crippen molar-refractivity contribution in [2.24, 2.45) is 34.5 Å². The first-order valence-corrected chi connectivity index (χ1v) is 9.88. The molecule has 2 unspecified atom stereocenters. The summed E-state index contributed by atoms with van der Waals surface area (Å²) in [5, 5.41) is 0. The average Bonchev–Trinajstić information content (AvgIpc) is 3.31. The molecule has 9 atom stereocenters. The molecule has 1 aliphatic heterocycles. The lowest BCUT2D eigenvalue weighted by Crippen LogP contribution is -2.61. The van der Waals surface area contributed by atoms with E-state index in [1.165, 1.54) is 0 Å². The van der Waals surface area contributed by atoms with Gasteiger partial charge in [0.15, 0.2) is 23.8 Å². The van der Waals surface area contributed by atoms with Gasteiger partial charge in [-0.25, -0.2) is 4.39 Å². The zero-order valence-electron chi connectivity index (χ0n) is 16.0.